The molecule has 4 heteroatoms. The van der Waals surface area contributed by atoms with Crippen LogP contribution in [-0.4, -0.2) is 6.35 Å². The lowest BCUT2D eigenvalue weighted by molar-refractivity contribution is -0.520. The second-order valence-corrected chi connectivity index (χ2v) is 2.74. The fourth-order valence-electron chi connectivity index (χ4n) is 0.862. The molecule has 0 aromatic heterocycles. The Morgan fingerprint density at radius 2 is 2.33 bits per heavy atom. The molecule has 0 spiro atoms. The molecule has 1 aromatic carbocycles. The molecular formula is C8H11N2OP. The number of nitrogens with one attached hydrogen (secondary N) is 1. The number of benzene rings is 1. The highest BCUT2D eigenvalue weighted by Crippen LogP contribution is 2.11. The lowest BCUT2D eigenvalue weighted by atomic mass is 10.2. The number of aryl methyl sites for hydroxylation is 1. The van der Waals surface area contributed by atoms with Gasteiger partial charge in [0.1, 0.15) is 5.75 Å². The van der Waals surface area contributed by atoms with Crippen LogP contribution in [0.15, 0.2) is 24.3 Å². The van der Waals surface area contributed by atoms with Gasteiger partial charge in [-0.15, -0.1) is 0 Å². The maximum Gasteiger partial charge on any atom is 0.325 e. The summed E-state index contributed by atoms with van der Waals surface area (Å²) in [7, 11) is 3.77. The van der Waals surface area contributed by atoms with E-state index in [-0.39, 0.29) is 0 Å². The Kier molecular flexibility index (Phi) is 3.20. The molecule has 0 saturated carbocycles. The van der Waals surface area contributed by atoms with Gasteiger partial charge in [-0.05, 0) is 24.6 Å². The first kappa shape index (κ1) is 9.17. The zero-order valence-electron chi connectivity index (χ0n) is 6.82. The summed E-state index contributed by atoms with van der Waals surface area (Å²) in [5.41, 5.74) is 6.58. The molecule has 0 aliphatic carbocycles. The van der Waals surface area contributed by atoms with E-state index in [9.17, 15) is 0 Å². The predicted octanol–water partition coefficient (Wildman–Crippen LogP) is 0.291. The van der Waals surface area contributed by atoms with Gasteiger partial charge in [-0.25, -0.2) is 5.73 Å². The van der Waals surface area contributed by atoms with E-state index in [4.69, 9.17) is 10.5 Å². The summed E-state index contributed by atoms with van der Waals surface area (Å²) in [6.07, 6.45) is -0.574. The minimum absolute atomic E-state index is 0.574. The Morgan fingerprint density at radius 1 is 1.58 bits per heavy atom. The lowest BCUT2D eigenvalue weighted by Gasteiger charge is -2.08. The molecule has 0 saturated heterocycles. The number of rotatable bonds is 3. The van der Waals surface area contributed by atoms with Gasteiger partial charge in [-0.3, -0.25) is 0 Å². The highest BCUT2D eigenvalue weighted by molar-refractivity contribution is 6.99. The van der Waals surface area contributed by atoms with Crippen molar-refractivity contribution in [2.75, 3.05) is 0 Å². The molecule has 3 nitrogen and oxygen atoms in total. The SMILES string of the molecule is Cc1cccc(OC(N)[NH+]=[P-])c1. The molecule has 1 rings (SSSR count). The van der Waals surface area contributed by atoms with Crippen LogP contribution >= 0.6 is 9.03 Å². The summed E-state index contributed by atoms with van der Waals surface area (Å²) >= 11 is 0. The topological polar surface area (TPSA) is 49.2 Å². The van der Waals surface area contributed by atoms with Crippen molar-refractivity contribution >= 4 is 9.03 Å². The number of nitrogens with two attached hydrogens (primary N) is 1. The van der Waals surface area contributed by atoms with Gasteiger partial charge >= 0.3 is 6.35 Å². The molecular weight excluding hydrogens is 171 g/mol. The van der Waals surface area contributed by atoms with Gasteiger partial charge in [0, 0.05) is 0 Å². The highest BCUT2D eigenvalue weighted by atomic mass is 31.0. The molecule has 0 bridgehead atoms. The molecule has 1 unspecified atom stereocenters. The zero-order valence-corrected chi connectivity index (χ0v) is 7.71. The van der Waals surface area contributed by atoms with Crippen LogP contribution in [0, 0.1) is 6.92 Å². The maximum absolute atomic E-state index is 5.45. The van der Waals surface area contributed by atoms with Gasteiger partial charge in [0.2, 0.25) is 0 Å². The van der Waals surface area contributed by atoms with Gasteiger partial charge in [0.25, 0.3) is 0 Å². The van der Waals surface area contributed by atoms with Crippen molar-refractivity contribution in [1.82, 2.24) is 0 Å². The second kappa shape index (κ2) is 4.19. The van der Waals surface area contributed by atoms with Crippen LogP contribution in [0.1, 0.15) is 5.56 Å². The van der Waals surface area contributed by atoms with Crippen LogP contribution in [0.25, 0.3) is 0 Å². The van der Waals surface area contributed by atoms with E-state index in [1.54, 1.807) is 0 Å². The Balaban J connectivity index is 2.69. The first-order valence-corrected chi connectivity index (χ1v) is 4.05. The standard InChI is InChI=1S/C8H11N2OP/c1-6-3-2-4-7(5-6)11-8(9)10-12/h2-5,8,10H,9H2,1H3. The third-order valence-corrected chi connectivity index (χ3v) is 1.63. The molecule has 0 heterocycles. The smallest absolute Gasteiger partial charge is 0.325 e. The molecule has 0 aliphatic heterocycles. The van der Waals surface area contributed by atoms with Crippen molar-refractivity contribution in [3.63, 3.8) is 0 Å². The van der Waals surface area contributed by atoms with Crippen LogP contribution in [-0.2, 0) is 0 Å². The van der Waals surface area contributed by atoms with Crippen LogP contribution in [0.5, 0.6) is 5.75 Å². The number of hydrogen-bond donors (Lipinski definition) is 2. The van der Waals surface area contributed by atoms with Gasteiger partial charge in [-0.2, -0.15) is 0 Å². The number of ether oxygens (including phenoxy) is 1. The Hall–Kier alpha value is -0.920. The van der Waals surface area contributed by atoms with E-state index in [1.807, 2.05) is 31.2 Å². The third-order valence-electron chi connectivity index (χ3n) is 1.38. The van der Waals surface area contributed by atoms with Crippen molar-refractivity contribution in [3.05, 3.63) is 29.8 Å². The zero-order chi connectivity index (χ0) is 8.97. The Morgan fingerprint density at radius 3 is 2.92 bits per heavy atom. The summed E-state index contributed by atoms with van der Waals surface area (Å²) in [6, 6.07) is 7.66. The molecule has 0 fully saturated rings. The van der Waals surface area contributed by atoms with E-state index in [2.05, 4.69) is 13.8 Å². The minimum atomic E-state index is -0.574. The molecule has 3 N–H and O–H groups in total. The first-order chi connectivity index (χ1) is 5.72. The van der Waals surface area contributed by atoms with Gasteiger partial charge in [0.05, 0.1) is 0 Å². The fraction of sp³-hybridized carbons (Fsp3) is 0.250. The summed E-state index contributed by atoms with van der Waals surface area (Å²) in [5, 5.41) is 0. The summed E-state index contributed by atoms with van der Waals surface area (Å²) in [6.45, 7) is 1.99. The third kappa shape index (κ3) is 2.61. The largest absolute Gasteiger partial charge is 0.424 e. The lowest BCUT2D eigenvalue weighted by Crippen LogP contribution is -2.76. The summed E-state index contributed by atoms with van der Waals surface area (Å²) in [5.74, 6) is 0.740. The molecule has 0 amide bonds. The van der Waals surface area contributed by atoms with Crippen molar-refractivity contribution in [2.24, 2.45) is 5.73 Å². The fourth-order valence-corrected chi connectivity index (χ4v) is 0.914. The van der Waals surface area contributed by atoms with E-state index < -0.39 is 6.35 Å². The van der Waals surface area contributed by atoms with E-state index in [0.29, 0.717) is 0 Å². The van der Waals surface area contributed by atoms with E-state index in [0.717, 1.165) is 11.3 Å². The normalized spacial score (nSPS) is 12.2. The molecule has 0 aliphatic rings. The van der Waals surface area contributed by atoms with Gasteiger partial charge in [-0.1, -0.05) is 12.1 Å². The predicted molar refractivity (Wildman–Crippen MR) is 47.7 cm³/mol. The van der Waals surface area contributed by atoms with Crippen LogP contribution in [0.4, 0.5) is 0 Å². The average molecular weight is 182 g/mol. The molecule has 1 aromatic rings. The quantitative estimate of drug-likeness (QED) is 0.521. The summed E-state index contributed by atoms with van der Waals surface area (Å²) < 4.78 is 7.72. The minimum Gasteiger partial charge on any atom is -0.424 e. The average Bonchev–Trinajstić information content (AvgIpc) is 2.04. The number of hydrogen-bond acceptors (Lipinski definition) is 2. The monoisotopic (exact) mass is 182 g/mol. The van der Waals surface area contributed by atoms with E-state index in [1.165, 1.54) is 0 Å². The second-order valence-electron chi connectivity index (χ2n) is 2.48. The van der Waals surface area contributed by atoms with Crippen LogP contribution in [0.2, 0.25) is 0 Å². The maximum atomic E-state index is 5.45. The molecule has 0 radical (unpaired) electrons. The van der Waals surface area contributed by atoms with Crippen molar-refractivity contribution < 1.29 is 9.48 Å². The van der Waals surface area contributed by atoms with Crippen molar-refractivity contribution in [1.29, 1.82) is 0 Å². The van der Waals surface area contributed by atoms with Gasteiger partial charge < -0.3 is 18.5 Å². The summed E-state index contributed by atoms with van der Waals surface area (Å²) in [4.78, 5) is 0. The molecule has 1 atom stereocenters. The van der Waals surface area contributed by atoms with Crippen LogP contribution in [0.3, 0.4) is 0 Å². The van der Waals surface area contributed by atoms with Crippen molar-refractivity contribution in [2.45, 2.75) is 13.3 Å². The first-order valence-electron chi connectivity index (χ1n) is 3.61. The molecule has 64 valence electrons. The Bertz CT molecular complexity index is 278. The van der Waals surface area contributed by atoms with Crippen molar-refractivity contribution in [3.8, 4) is 5.75 Å². The highest BCUT2D eigenvalue weighted by Gasteiger charge is 2.00. The molecule has 12 heavy (non-hydrogen) atoms. The van der Waals surface area contributed by atoms with Gasteiger partial charge in [0.15, 0.2) is 0 Å². The Labute approximate surface area is 73.8 Å². The van der Waals surface area contributed by atoms with Crippen LogP contribution < -0.4 is 15.2 Å². The van der Waals surface area contributed by atoms with E-state index >= 15 is 0 Å².